The molecule has 2 aromatic rings. The molecule has 0 aliphatic rings. The first-order valence-corrected chi connectivity index (χ1v) is 6.18. The highest BCUT2D eigenvalue weighted by Gasteiger charge is 2.02. The summed E-state index contributed by atoms with van der Waals surface area (Å²) in [5, 5.41) is 8.93. The van der Waals surface area contributed by atoms with Gasteiger partial charge in [0.15, 0.2) is 0 Å². The molecule has 0 unspecified atom stereocenters. The van der Waals surface area contributed by atoms with E-state index in [0.29, 0.717) is 6.61 Å². The molecule has 2 rings (SSSR count). The maximum absolute atomic E-state index is 8.93. The van der Waals surface area contributed by atoms with E-state index < -0.39 is 0 Å². The second-order valence-corrected chi connectivity index (χ2v) is 4.49. The van der Waals surface area contributed by atoms with Crippen LogP contribution in [-0.4, -0.2) is 18.3 Å². The molecule has 94 valence electrons. The van der Waals surface area contributed by atoms with Crippen LogP contribution in [0.25, 0.3) is 11.1 Å². The Bertz CT molecular complexity index is 462. The smallest absolute Gasteiger partial charge is 0.119 e. The van der Waals surface area contributed by atoms with E-state index in [4.69, 9.17) is 9.84 Å². The molecule has 0 bridgehead atoms. The average molecular weight is 242 g/mol. The van der Waals surface area contributed by atoms with Gasteiger partial charge in [-0.15, -0.1) is 0 Å². The van der Waals surface area contributed by atoms with Crippen LogP contribution in [0.4, 0.5) is 0 Å². The number of aliphatic hydroxyl groups is 1. The van der Waals surface area contributed by atoms with Crippen molar-refractivity contribution in [2.24, 2.45) is 5.92 Å². The summed E-state index contributed by atoms with van der Waals surface area (Å²) in [6, 6.07) is 18.3. The lowest BCUT2D eigenvalue weighted by Gasteiger charge is -2.10. The molecule has 2 nitrogen and oxygen atoms in total. The third-order valence-corrected chi connectivity index (χ3v) is 2.81. The lowest BCUT2D eigenvalue weighted by molar-refractivity contribution is 0.174. The van der Waals surface area contributed by atoms with Gasteiger partial charge in [0.25, 0.3) is 0 Å². The summed E-state index contributed by atoms with van der Waals surface area (Å²) in [6.07, 6.45) is 0. The highest BCUT2D eigenvalue weighted by Crippen LogP contribution is 2.22. The molecule has 2 aromatic carbocycles. The molecule has 1 N–H and O–H groups in total. The molecule has 0 radical (unpaired) electrons. The van der Waals surface area contributed by atoms with Crippen LogP contribution in [0.15, 0.2) is 54.6 Å². The molecule has 0 aliphatic heterocycles. The minimum atomic E-state index is 0.155. The lowest BCUT2D eigenvalue weighted by atomic mass is 10.1. The van der Waals surface area contributed by atoms with Gasteiger partial charge in [0.05, 0.1) is 6.61 Å². The fraction of sp³-hybridized carbons (Fsp3) is 0.250. The Balaban J connectivity index is 2.02. The van der Waals surface area contributed by atoms with Crippen molar-refractivity contribution in [2.75, 3.05) is 13.2 Å². The quantitative estimate of drug-likeness (QED) is 0.871. The van der Waals surface area contributed by atoms with E-state index in [1.54, 1.807) is 0 Å². The van der Waals surface area contributed by atoms with Crippen LogP contribution < -0.4 is 4.74 Å². The average Bonchev–Trinajstić information content (AvgIpc) is 2.46. The summed E-state index contributed by atoms with van der Waals surface area (Å²) < 4.78 is 5.59. The maximum atomic E-state index is 8.93. The SMILES string of the molecule is C[C@H](CO)COc1ccc(-c2ccccc2)cc1. The van der Waals surface area contributed by atoms with Crippen molar-refractivity contribution in [1.82, 2.24) is 0 Å². The zero-order valence-electron chi connectivity index (χ0n) is 10.5. The number of aliphatic hydroxyl groups excluding tert-OH is 1. The van der Waals surface area contributed by atoms with E-state index in [-0.39, 0.29) is 12.5 Å². The van der Waals surface area contributed by atoms with Crippen LogP contribution >= 0.6 is 0 Å². The van der Waals surface area contributed by atoms with Crippen molar-refractivity contribution in [1.29, 1.82) is 0 Å². The first-order chi connectivity index (χ1) is 8.79. The Morgan fingerprint density at radius 1 is 0.944 bits per heavy atom. The zero-order valence-corrected chi connectivity index (χ0v) is 10.5. The van der Waals surface area contributed by atoms with Gasteiger partial charge in [-0.2, -0.15) is 0 Å². The summed E-state index contributed by atoms with van der Waals surface area (Å²) in [4.78, 5) is 0. The molecule has 0 saturated carbocycles. The fourth-order valence-corrected chi connectivity index (χ4v) is 1.67. The van der Waals surface area contributed by atoms with Crippen molar-refractivity contribution < 1.29 is 9.84 Å². The minimum absolute atomic E-state index is 0.155. The van der Waals surface area contributed by atoms with E-state index in [0.717, 1.165) is 5.75 Å². The Labute approximate surface area is 108 Å². The summed E-state index contributed by atoms with van der Waals surface area (Å²) in [6.45, 7) is 2.65. The molecule has 18 heavy (non-hydrogen) atoms. The van der Waals surface area contributed by atoms with Crippen molar-refractivity contribution >= 4 is 0 Å². The number of hydrogen-bond acceptors (Lipinski definition) is 2. The molecule has 0 amide bonds. The third kappa shape index (κ3) is 3.34. The van der Waals surface area contributed by atoms with Crippen molar-refractivity contribution in [3.63, 3.8) is 0 Å². The Morgan fingerprint density at radius 3 is 2.17 bits per heavy atom. The molecular weight excluding hydrogens is 224 g/mol. The van der Waals surface area contributed by atoms with Gasteiger partial charge in [0.1, 0.15) is 5.75 Å². The van der Waals surface area contributed by atoms with Gasteiger partial charge in [-0.25, -0.2) is 0 Å². The van der Waals surface area contributed by atoms with Crippen LogP contribution in [0.2, 0.25) is 0 Å². The van der Waals surface area contributed by atoms with Gasteiger partial charge in [-0.3, -0.25) is 0 Å². The summed E-state index contributed by atoms with van der Waals surface area (Å²) in [5.41, 5.74) is 2.38. The predicted octanol–water partition coefficient (Wildman–Crippen LogP) is 3.36. The van der Waals surface area contributed by atoms with E-state index in [1.165, 1.54) is 11.1 Å². The zero-order chi connectivity index (χ0) is 12.8. The molecule has 0 fully saturated rings. The predicted molar refractivity (Wildman–Crippen MR) is 73.6 cm³/mol. The van der Waals surface area contributed by atoms with Gasteiger partial charge in [0.2, 0.25) is 0 Å². The van der Waals surface area contributed by atoms with Crippen LogP contribution in [0.3, 0.4) is 0 Å². The van der Waals surface area contributed by atoms with Crippen molar-refractivity contribution in [3.05, 3.63) is 54.6 Å². The van der Waals surface area contributed by atoms with Gasteiger partial charge in [0, 0.05) is 12.5 Å². The largest absolute Gasteiger partial charge is 0.493 e. The van der Waals surface area contributed by atoms with E-state index in [9.17, 15) is 0 Å². The number of ether oxygens (including phenoxy) is 1. The number of rotatable bonds is 5. The van der Waals surface area contributed by atoms with Crippen LogP contribution in [0, 0.1) is 5.92 Å². The topological polar surface area (TPSA) is 29.5 Å². The van der Waals surface area contributed by atoms with E-state index in [1.807, 2.05) is 49.4 Å². The summed E-state index contributed by atoms with van der Waals surface area (Å²) in [5.74, 6) is 1.01. The van der Waals surface area contributed by atoms with E-state index in [2.05, 4.69) is 12.1 Å². The monoisotopic (exact) mass is 242 g/mol. The van der Waals surface area contributed by atoms with Crippen molar-refractivity contribution in [3.8, 4) is 16.9 Å². The van der Waals surface area contributed by atoms with Crippen LogP contribution in [-0.2, 0) is 0 Å². The van der Waals surface area contributed by atoms with Gasteiger partial charge in [-0.1, -0.05) is 49.4 Å². The third-order valence-electron chi connectivity index (χ3n) is 2.81. The van der Waals surface area contributed by atoms with Gasteiger partial charge < -0.3 is 9.84 Å². The molecular formula is C16H18O2. The summed E-state index contributed by atoms with van der Waals surface area (Å²) in [7, 11) is 0. The van der Waals surface area contributed by atoms with E-state index >= 15 is 0 Å². The standard InChI is InChI=1S/C16H18O2/c1-13(11-17)12-18-16-9-7-15(8-10-16)14-5-3-2-4-6-14/h2-10,13,17H,11-12H2,1H3/t13-/m1/s1. The highest BCUT2D eigenvalue weighted by molar-refractivity contribution is 5.63. The highest BCUT2D eigenvalue weighted by atomic mass is 16.5. The van der Waals surface area contributed by atoms with Crippen LogP contribution in [0.5, 0.6) is 5.75 Å². The Kier molecular flexibility index (Phi) is 4.37. The Hall–Kier alpha value is -1.80. The Morgan fingerprint density at radius 2 is 1.56 bits per heavy atom. The molecule has 2 heteroatoms. The first-order valence-electron chi connectivity index (χ1n) is 6.18. The first kappa shape index (κ1) is 12.7. The minimum Gasteiger partial charge on any atom is -0.493 e. The second-order valence-electron chi connectivity index (χ2n) is 4.49. The molecule has 0 heterocycles. The summed E-state index contributed by atoms with van der Waals surface area (Å²) >= 11 is 0. The molecule has 0 spiro atoms. The molecule has 0 saturated heterocycles. The molecule has 0 aliphatic carbocycles. The number of hydrogen-bond donors (Lipinski definition) is 1. The fourth-order valence-electron chi connectivity index (χ4n) is 1.67. The maximum Gasteiger partial charge on any atom is 0.119 e. The molecule has 0 aromatic heterocycles. The second kappa shape index (κ2) is 6.22. The van der Waals surface area contributed by atoms with Crippen molar-refractivity contribution in [2.45, 2.75) is 6.92 Å². The molecule has 1 atom stereocenters. The lowest BCUT2D eigenvalue weighted by Crippen LogP contribution is -2.11. The number of benzene rings is 2. The van der Waals surface area contributed by atoms with Crippen LogP contribution in [0.1, 0.15) is 6.92 Å². The van der Waals surface area contributed by atoms with Gasteiger partial charge >= 0.3 is 0 Å². The van der Waals surface area contributed by atoms with Gasteiger partial charge in [-0.05, 0) is 23.3 Å². The normalized spacial score (nSPS) is 12.1.